The largest absolute Gasteiger partial charge is 0.491 e. The van der Waals surface area contributed by atoms with Crippen molar-refractivity contribution in [2.45, 2.75) is 44.2 Å². The molecule has 8 heteroatoms. The number of ether oxygens (including phenoxy) is 2. The number of amides is 3. The first kappa shape index (κ1) is 20.1. The van der Waals surface area contributed by atoms with Gasteiger partial charge in [-0.1, -0.05) is 6.92 Å². The van der Waals surface area contributed by atoms with Crippen LogP contribution in [0.15, 0.2) is 24.3 Å². The lowest BCUT2D eigenvalue weighted by Gasteiger charge is -2.33. The first-order chi connectivity index (χ1) is 13.3. The van der Waals surface area contributed by atoms with Crippen LogP contribution >= 0.6 is 0 Å². The summed E-state index contributed by atoms with van der Waals surface area (Å²) >= 11 is 0. The summed E-state index contributed by atoms with van der Waals surface area (Å²) in [5.74, 6) is 0.303. The van der Waals surface area contributed by atoms with Gasteiger partial charge in [0.05, 0.1) is 19.2 Å². The van der Waals surface area contributed by atoms with Crippen LogP contribution in [0.1, 0.15) is 43.0 Å². The lowest BCUT2D eigenvalue weighted by molar-refractivity contribution is -0.133. The Bertz CT molecular complexity index is 740. The molecule has 1 aromatic rings. The molecule has 1 heterocycles. The van der Waals surface area contributed by atoms with E-state index in [4.69, 9.17) is 4.74 Å². The van der Waals surface area contributed by atoms with Crippen LogP contribution in [-0.4, -0.2) is 59.8 Å². The molecule has 1 spiro atoms. The molecule has 2 fully saturated rings. The molecule has 2 N–H and O–H groups in total. The summed E-state index contributed by atoms with van der Waals surface area (Å²) in [6.07, 6.45) is 2.04. The Morgan fingerprint density at radius 2 is 1.93 bits per heavy atom. The molecule has 1 aliphatic carbocycles. The molecular weight excluding hydrogens is 364 g/mol. The van der Waals surface area contributed by atoms with Gasteiger partial charge in [-0.05, 0) is 55.9 Å². The maximum Gasteiger partial charge on any atom is 0.337 e. The van der Waals surface area contributed by atoms with Crippen molar-refractivity contribution in [2.24, 2.45) is 5.92 Å². The Balaban J connectivity index is 1.53. The number of aliphatic hydroxyl groups is 1. The Morgan fingerprint density at radius 1 is 1.29 bits per heavy atom. The van der Waals surface area contributed by atoms with Crippen molar-refractivity contribution < 1.29 is 29.0 Å². The summed E-state index contributed by atoms with van der Waals surface area (Å²) in [7, 11) is 1.30. The molecule has 8 nitrogen and oxygen atoms in total. The zero-order valence-electron chi connectivity index (χ0n) is 16.1. The fourth-order valence-electron chi connectivity index (χ4n) is 3.70. The van der Waals surface area contributed by atoms with Crippen molar-refractivity contribution >= 4 is 17.9 Å². The molecule has 0 aromatic heterocycles. The number of hydrogen-bond acceptors (Lipinski definition) is 6. The van der Waals surface area contributed by atoms with Crippen molar-refractivity contribution in [3.05, 3.63) is 29.8 Å². The molecule has 1 unspecified atom stereocenters. The van der Waals surface area contributed by atoms with E-state index in [2.05, 4.69) is 17.0 Å². The lowest BCUT2D eigenvalue weighted by atomic mass is 9.77. The van der Waals surface area contributed by atoms with E-state index >= 15 is 0 Å². The fourth-order valence-corrected chi connectivity index (χ4v) is 3.70. The van der Waals surface area contributed by atoms with Crippen LogP contribution in [0.5, 0.6) is 5.75 Å². The number of esters is 1. The Kier molecular flexibility index (Phi) is 5.88. The second kappa shape index (κ2) is 8.18. The third-order valence-electron chi connectivity index (χ3n) is 5.48. The number of aliphatic hydroxyl groups excluding tert-OH is 1. The molecule has 1 aliphatic heterocycles. The van der Waals surface area contributed by atoms with Gasteiger partial charge < -0.3 is 19.9 Å². The number of benzene rings is 1. The third-order valence-corrected chi connectivity index (χ3v) is 5.48. The predicted molar refractivity (Wildman–Crippen MR) is 99.9 cm³/mol. The van der Waals surface area contributed by atoms with Crippen molar-refractivity contribution in [1.29, 1.82) is 0 Å². The first-order valence-corrected chi connectivity index (χ1v) is 9.48. The number of carbonyl (C=O) groups excluding carboxylic acids is 3. The highest BCUT2D eigenvalue weighted by molar-refractivity contribution is 6.07. The number of methoxy groups -OCH3 is 1. The maximum atomic E-state index is 12.8. The van der Waals surface area contributed by atoms with E-state index in [1.54, 1.807) is 24.3 Å². The van der Waals surface area contributed by atoms with Crippen molar-refractivity contribution in [3.63, 3.8) is 0 Å². The number of β-amino-alcohol motifs (C(OH)–C–C–N with tert-alkyl or cyclic N) is 1. The fraction of sp³-hybridized carbons (Fsp3) is 0.550. The van der Waals surface area contributed by atoms with Crippen LogP contribution in [0, 0.1) is 5.92 Å². The maximum absolute atomic E-state index is 12.8. The number of hydrogen-bond donors (Lipinski definition) is 2. The van der Waals surface area contributed by atoms with E-state index in [0.29, 0.717) is 30.1 Å². The van der Waals surface area contributed by atoms with E-state index in [0.717, 1.165) is 17.7 Å². The molecule has 1 aromatic carbocycles. The van der Waals surface area contributed by atoms with Crippen molar-refractivity contribution in [1.82, 2.24) is 10.2 Å². The predicted octanol–water partition coefficient (Wildman–Crippen LogP) is 1.71. The molecule has 3 rings (SSSR count). The quantitative estimate of drug-likeness (QED) is 0.566. The molecule has 2 aliphatic rings. The average Bonchev–Trinajstić information content (AvgIpc) is 2.92. The molecule has 1 saturated carbocycles. The number of carbonyl (C=O) groups is 3. The third kappa shape index (κ3) is 4.11. The van der Waals surface area contributed by atoms with Crippen molar-refractivity contribution in [2.75, 3.05) is 20.3 Å². The van der Waals surface area contributed by atoms with Gasteiger partial charge in [0.15, 0.2) is 0 Å². The van der Waals surface area contributed by atoms with Gasteiger partial charge in [-0.2, -0.15) is 0 Å². The van der Waals surface area contributed by atoms with Crippen LogP contribution < -0.4 is 10.1 Å². The Hall–Kier alpha value is -2.61. The van der Waals surface area contributed by atoms with E-state index in [1.165, 1.54) is 7.11 Å². The van der Waals surface area contributed by atoms with Crippen LogP contribution in [-0.2, 0) is 9.53 Å². The van der Waals surface area contributed by atoms with Gasteiger partial charge in [0.25, 0.3) is 5.91 Å². The standard InChI is InChI=1S/C20H26N2O6/c1-13-7-9-20(10-8-13)18(25)22(19(26)21-20)11-15(23)12-28-16-5-3-14(4-6-16)17(24)27-2/h3-6,13,15,23H,7-12H2,1-2H3,(H,21,26). The van der Waals surface area contributed by atoms with E-state index in [9.17, 15) is 19.5 Å². The van der Waals surface area contributed by atoms with Gasteiger partial charge in [-0.3, -0.25) is 9.69 Å². The average molecular weight is 390 g/mol. The number of urea groups is 1. The molecule has 0 radical (unpaired) electrons. The smallest absolute Gasteiger partial charge is 0.337 e. The topological polar surface area (TPSA) is 105 Å². The van der Waals surface area contributed by atoms with Crippen molar-refractivity contribution in [3.8, 4) is 5.75 Å². The summed E-state index contributed by atoms with van der Waals surface area (Å²) in [5.41, 5.74) is -0.421. The van der Waals surface area contributed by atoms with E-state index < -0.39 is 23.6 Å². The highest BCUT2D eigenvalue weighted by Gasteiger charge is 2.52. The van der Waals surface area contributed by atoms with Crippen LogP contribution in [0.4, 0.5) is 4.79 Å². The van der Waals surface area contributed by atoms with Gasteiger partial charge in [0.2, 0.25) is 0 Å². The first-order valence-electron chi connectivity index (χ1n) is 9.48. The molecular formula is C20H26N2O6. The molecule has 0 bridgehead atoms. The molecule has 152 valence electrons. The molecule has 3 amide bonds. The number of nitrogens with zero attached hydrogens (tertiary/aromatic N) is 1. The van der Waals surface area contributed by atoms with Gasteiger partial charge >= 0.3 is 12.0 Å². The summed E-state index contributed by atoms with van der Waals surface area (Å²) in [6.45, 7) is 1.94. The summed E-state index contributed by atoms with van der Waals surface area (Å²) in [5, 5.41) is 13.1. The van der Waals surface area contributed by atoms with Gasteiger partial charge in [0, 0.05) is 0 Å². The lowest BCUT2D eigenvalue weighted by Crippen LogP contribution is -2.49. The SMILES string of the molecule is COC(=O)c1ccc(OCC(O)CN2C(=O)NC3(CCC(C)CC3)C2=O)cc1. The van der Waals surface area contributed by atoms with Crippen LogP contribution in [0.3, 0.4) is 0 Å². The van der Waals surface area contributed by atoms with E-state index in [-0.39, 0.29) is 19.1 Å². The van der Waals surface area contributed by atoms with Gasteiger partial charge in [-0.15, -0.1) is 0 Å². The summed E-state index contributed by atoms with van der Waals surface area (Å²) in [4.78, 5) is 37.6. The highest BCUT2D eigenvalue weighted by Crippen LogP contribution is 2.36. The van der Waals surface area contributed by atoms with Gasteiger partial charge in [0.1, 0.15) is 24.0 Å². The number of imide groups is 1. The Morgan fingerprint density at radius 3 is 2.54 bits per heavy atom. The summed E-state index contributed by atoms with van der Waals surface area (Å²) < 4.78 is 10.1. The minimum atomic E-state index is -1.02. The number of rotatable bonds is 6. The molecule has 28 heavy (non-hydrogen) atoms. The normalized spacial score (nSPS) is 25.5. The monoisotopic (exact) mass is 390 g/mol. The highest BCUT2D eigenvalue weighted by atomic mass is 16.5. The number of nitrogens with one attached hydrogen (secondary N) is 1. The zero-order valence-corrected chi connectivity index (χ0v) is 16.1. The zero-order chi connectivity index (χ0) is 20.3. The minimum Gasteiger partial charge on any atom is -0.491 e. The minimum absolute atomic E-state index is 0.0847. The summed E-state index contributed by atoms with van der Waals surface area (Å²) in [6, 6.07) is 5.83. The molecule has 1 saturated heterocycles. The van der Waals surface area contributed by atoms with Gasteiger partial charge in [-0.25, -0.2) is 9.59 Å². The molecule has 1 atom stereocenters. The van der Waals surface area contributed by atoms with Crippen LogP contribution in [0.2, 0.25) is 0 Å². The second-order valence-corrected chi connectivity index (χ2v) is 7.59. The second-order valence-electron chi connectivity index (χ2n) is 7.59. The van der Waals surface area contributed by atoms with E-state index in [1.807, 2.05) is 0 Å². The van der Waals surface area contributed by atoms with Crippen LogP contribution in [0.25, 0.3) is 0 Å². The Labute approximate surface area is 163 Å².